The summed E-state index contributed by atoms with van der Waals surface area (Å²) in [6.07, 6.45) is 0.519. The van der Waals surface area contributed by atoms with Crippen LogP contribution in [0.4, 0.5) is 4.39 Å². The quantitative estimate of drug-likeness (QED) is 0.903. The summed E-state index contributed by atoms with van der Waals surface area (Å²) in [5, 5.41) is 0. The van der Waals surface area contributed by atoms with Gasteiger partial charge < -0.3 is 5.73 Å². The van der Waals surface area contributed by atoms with E-state index in [0.717, 1.165) is 9.35 Å². The fourth-order valence-electron chi connectivity index (χ4n) is 1.75. The van der Waals surface area contributed by atoms with Crippen molar-refractivity contribution in [2.24, 2.45) is 5.73 Å². The molecule has 2 N–H and O–H groups in total. The molecular weight excluding hydrogens is 301 g/mol. The van der Waals surface area contributed by atoms with Gasteiger partial charge in [0.2, 0.25) is 0 Å². The molecule has 0 saturated heterocycles. The Kier molecular flexibility index (Phi) is 3.97. The summed E-state index contributed by atoms with van der Waals surface area (Å²) in [4.78, 5) is 2.28. The zero-order chi connectivity index (χ0) is 12.4. The summed E-state index contributed by atoms with van der Waals surface area (Å²) in [6, 6.07) is 8.65. The molecule has 0 aliphatic carbocycles. The lowest BCUT2D eigenvalue weighted by molar-refractivity contribution is 0.595. The summed E-state index contributed by atoms with van der Waals surface area (Å²) in [5.74, 6) is -0.188. The monoisotopic (exact) mass is 313 g/mol. The van der Waals surface area contributed by atoms with E-state index in [9.17, 15) is 4.39 Å². The predicted molar refractivity (Wildman–Crippen MR) is 73.8 cm³/mol. The number of benzene rings is 1. The summed E-state index contributed by atoms with van der Waals surface area (Å²) >= 11 is 5.14. The topological polar surface area (TPSA) is 26.0 Å². The Hall–Kier alpha value is -0.710. The Morgan fingerprint density at radius 2 is 2.12 bits per heavy atom. The van der Waals surface area contributed by atoms with Crippen LogP contribution in [-0.2, 0) is 6.42 Å². The Bertz CT molecular complexity index is 524. The first-order chi connectivity index (χ1) is 8.08. The lowest BCUT2D eigenvalue weighted by Crippen LogP contribution is -2.13. The maximum atomic E-state index is 13.5. The standard InChI is InChI=1S/C13H13BrFNS/c1-8-6-10(14)13(17-8)12(16)7-9-4-2-3-5-11(9)15/h2-6,12H,7,16H2,1H3. The molecule has 2 aromatic rings. The molecule has 1 aromatic heterocycles. The number of halogens is 2. The second-order valence-corrected chi connectivity index (χ2v) is 6.11. The lowest BCUT2D eigenvalue weighted by atomic mass is 10.1. The third-order valence-corrected chi connectivity index (χ3v) is 4.67. The Labute approximate surface area is 113 Å². The van der Waals surface area contributed by atoms with Gasteiger partial charge in [0.05, 0.1) is 0 Å². The molecule has 17 heavy (non-hydrogen) atoms. The second-order valence-electron chi connectivity index (χ2n) is 3.97. The highest BCUT2D eigenvalue weighted by molar-refractivity contribution is 9.10. The molecule has 0 amide bonds. The first-order valence-electron chi connectivity index (χ1n) is 5.32. The molecule has 1 heterocycles. The van der Waals surface area contributed by atoms with Gasteiger partial charge in [-0.25, -0.2) is 4.39 Å². The summed E-state index contributed by atoms with van der Waals surface area (Å²) in [7, 11) is 0. The van der Waals surface area contributed by atoms with E-state index >= 15 is 0 Å². The summed E-state index contributed by atoms with van der Waals surface area (Å²) < 4.78 is 14.5. The minimum Gasteiger partial charge on any atom is -0.323 e. The van der Waals surface area contributed by atoms with E-state index in [1.807, 2.05) is 19.1 Å². The van der Waals surface area contributed by atoms with E-state index in [0.29, 0.717) is 12.0 Å². The number of nitrogens with two attached hydrogens (primary N) is 1. The van der Waals surface area contributed by atoms with Crippen molar-refractivity contribution >= 4 is 27.3 Å². The van der Waals surface area contributed by atoms with Crippen LogP contribution in [0.1, 0.15) is 21.4 Å². The maximum absolute atomic E-state index is 13.5. The minimum absolute atomic E-state index is 0.167. The lowest BCUT2D eigenvalue weighted by Gasteiger charge is -2.11. The fourth-order valence-corrected chi connectivity index (χ4v) is 3.69. The van der Waals surface area contributed by atoms with Crippen molar-refractivity contribution in [1.82, 2.24) is 0 Å². The highest BCUT2D eigenvalue weighted by atomic mass is 79.9. The molecule has 2 rings (SSSR count). The van der Waals surface area contributed by atoms with E-state index in [1.54, 1.807) is 23.5 Å². The van der Waals surface area contributed by atoms with Gasteiger partial charge in [-0.3, -0.25) is 0 Å². The Balaban J connectivity index is 2.20. The number of aryl methyl sites for hydroxylation is 1. The molecule has 0 bridgehead atoms. The van der Waals surface area contributed by atoms with Crippen LogP contribution in [-0.4, -0.2) is 0 Å². The van der Waals surface area contributed by atoms with Gasteiger partial charge in [-0.05, 0) is 47.0 Å². The van der Waals surface area contributed by atoms with Crippen molar-refractivity contribution in [2.45, 2.75) is 19.4 Å². The van der Waals surface area contributed by atoms with Gasteiger partial charge in [-0.15, -0.1) is 11.3 Å². The SMILES string of the molecule is Cc1cc(Br)c(C(N)Cc2ccccc2F)s1. The van der Waals surface area contributed by atoms with Crippen LogP contribution in [0.3, 0.4) is 0 Å². The number of thiophene rings is 1. The second kappa shape index (κ2) is 5.29. The predicted octanol–water partition coefficient (Wildman–Crippen LogP) is 4.20. The number of rotatable bonds is 3. The molecule has 90 valence electrons. The minimum atomic E-state index is -0.188. The van der Waals surface area contributed by atoms with Crippen molar-refractivity contribution in [1.29, 1.82) is 0 Å². The Morgan fingerprint density at radius 3 is 2.71 bits per heavy atom. The third kappa shape index (κ3) is 2.94. The highest BCUT2D eigenvalue weighted by Gasteiger charge is 2.15. The van der Waals surface area contributed by atoms with Crippen molar-refractivity contribution in [3.8, 4) is 0 Å². The third-order valence-electron chi connectivity index (χ3n) is 2.57. The first-order valence-corrected chi connectivity index (χ1v) is 6.93. The van der Waals surface area contributed by atoms with E-state index in [-0.39, 0.29) is 11.9 Å². The van der Waals surface area contributed by atoms with Crippen molar-refractivity contribution < 1.29 is 4.39 Å². The average molecular weight is 314 g/mol. The van der Waals surface area contributed by atoms with Crippen LogP contribution in [0, 0.1) is 12.7 Å². The molecule has 0 fully saturated rings. The zero-order valence-corrected chi connectivity index (χ0v) is 11.8. The zero-order valence-electron chi connectivity index (χ0n) is 9.41. The molecule has 1 unspecified atom stereocenters. The smallest absolute Gasteiger partial charge is 0.126 e. The van der Waals surface area contributed by atoms with Crippen LogP contribution >= 0.6 is 27.3 Å². The first kappa shape index (κ1) is 12.7. The van der Waals surface area contributed by atoms with Gasteiger partial charge in [-0.1, -0.05) is 18.2 Å². The van der Waals surface area contributed by atoms with Crippen molar-refractivity contribution in [3.63, 3.8) is 0 Å². The molecule has 0 saturated carbocycles. The summed E-state index contributed by atoms with van der Waals surface area (Å²) in [5.41, 5.74) is 6.79. The number of hydrogen-bond acceptors (Lipinski definition) is 2. The molecule has 1 atom stereocenters. The van der Waals surface area contributed by atoms with Gasteiger partial charge in [0.15, 0.2) is 0 Å². The molecule has 0 aliphatic rings. The van der Waals surface area contributed by atoms with Crippen LogP contribution in [0.2, 0.25) is 0 Å². The average Bonchev–Trinajstić information content (AvgIpc) is 2.61. The Morgan fingerprint density at radius 1 is 1.41 bits per heavy atom. The van der Waals surface area contributed by atoms with Crippen LogP contribution in [0.25, 0.3) is 0 Å². The summed E-state index contributed by atoms with van der Waals surface area (Å²) in [6.45, 7) is 2.04. The maximum Gasteiger partial charge on any atom is 0.126 e. The van der Waals surface area contributed by atoms with Gasteiger partial charge in [-0.2, -0.15) is 0 Å². The number of hydrogen-bond donors (Lipinski definition) is 1. The fraction of sp³-hybridized carbons (Fsp3) is 0.231. The van der Waals surface area contributed by atoms with Crippen LogP contribution < -0.4 is 5.73 Å². The molecule has 4 heteroatoms. The molecule has 0 aliphatic heterocycles. The van der Waals surface area contributed by atoms with Crippen molar-refractivity contribution in [3.05, 3.63) is 55.9 Å². The molecule has 1 aromatic carbocycles. The molecule has 1 nitrogen and oxygen atoms in total. The van der Waals surface area contributed by atoms with E-state index in [1.165, 1.54) is 10.9 Å². The van der Waals surface area contributed by atoms with Gasteiger partial charge >= 0.3 is 0 Å². The van der Waals surface area contributed by atoms with E-state index < -0.39 is 0 Å². The van der Waals surface area contributed by atoms with Gasteiger partial charge in [0, 0.05) is 20.3 Å². The largest absolute Gasteiger partial charge is 0.323 e. The van der Waals surface area contributed by atoms with Crippen LogP contribution in [0.5, 0.6) is 0 Å². The van der Waals surface area contributed by atoms with Gasteiger partial charge in [0.25, 0.3) is 0 Å². The van der Waals surface area contributed by atoms with Gasteiger partial charge in [0.1, 0.15) is 5.82 Å². The molecule has 0 radical (unpaired) electrons. The molecule has 0 spiro atoms. The van der Waals surface area contributed by atoms with Crippen LogP contribution in [0.15, 0.2) is 34.8 Å². The molecular formula is C13H13BrFNS. The highest BCUT2D eigenvalue weighted by Crippen LogP contribution is 2.32. The van der Waals surface area contributed by atoms with Crippen molar-refractivity contribution in [2.75, 3.05) is 0 Å². The van der Waals surface area contributed by atoms with E-state index in [4.69, 9.17) is 5.73 Å². The van der Waals surface area contributed by atoms with E-state index in [2.05, 4.69) is 15.9 Å². The normalized spacial score (nSPS) is 12.7.